The van der Waals surface area contributed by atoms with E-state index < -0.39 is 0 Å². The molecule has 3 rings (SSSR count). The second-order valence-corrected chi connectivity index (χ2v) is 5.75. The number of amides is 2. The van der Waals surface area contributed by atoms with Crippen molar-refractivity contribution in [2.24, 2.45) is 0 Å². The summed E-state index contributed by atoms with van der Waals surface area (Å²) >= 11 is 0. The van der Waals surface area contributed by atoms with Gasteiger partial charge in [0.15, 0.2) is 17.3 Å². The van der Waals surface area contributed by atoms with E-state index in [2.05, 4.69) is 15.6 Å². The van der Waals surface area contributed by atoms with E-state index >= 15 is 0 Å². The molecule has 0 atom stereocenters. The van der Waals surface area contributed by atoms with Crippen LogP contribution in [0.4, 0.5) is 4.79 Å². The molecular weight excluding hydrogens is 346 g/mol. The SMILES string of the molecule is COc1ccc(CNC(=O)NCc2ccnc(-c3ccco3)c2)cc1OC. The van der Waals surface area contributed by atoms with Crippen molar-refractivity contribution < 1.29 is 18.7 Å². The average Bonchev–Trinajstić information content (AvgIpc) is 3.25. The maximum Gasteiger partial charge on any atom is 0.315 e. The van der Waals surface area contributed by atoms with Crippen LogP contribution >= 0.6 is 0 Å². The van der Waals surface area contributed by atoms with Crippen LogP contribution in [0.3, 0.4) is 0 Å². The fourth-order valence-corrected chi connectivity index (χ4v) is 2.56. The lowest BCUT2D eigenvalue weighted by Crippen LogP contribution is -2.34. The summed E-state index contributed by atoms with van der Waals surface area (Å²) in [5.41, 5.74) is 2.56. The van der Waals surface area contributed by atoms with Crippen LogP contribution in [-0.2, 0) is 13.1 Å². The highest BCUT2D eigenvalue weighted by Crippen LogP contribution is 2.27. The molecule has 1 aromatic carbocycles. The molecule has 0 aliphatic heterocycles. The van der Waals surface area contributed by atoms with Crippen molar-refractivity contribution in [2.45, 2.75) is 13.1 Å². The van der Waals surface area contributed by atoms with Crippen LogP contribution in [0.5, 0.6) is 11.5 Å². The second kappa shape index (κ2) is 8.75. The first kappa shape index (κ1) is 18.3. The Bertz CT molecular complexity index is 894. The predicted molar refractivity (Wildman–Crippen MR) is 101 cm³/mol. The molecular formula is C20H21N3O4. The maximum absolute atomic E-state index is 12.1. The molecule has 0 fully saturated rings. The van der Waals surface area contributed by atoms with Gasteiger partial charge in [0.2, 0.25) is 0 Å². The number of hydrogen-bond donors (Lipinski definition) is 2. The smallest absolute Gasteiger partial charge is 0.315 e. The van der Waals surface area contributed by atoms with Gasteiger partial charge in [-0.15, -0.1) is 0 Å². The summed E-state index contributed by atoms with van der Waals surface area (Å²) in [6, 6.07) is 12.6. The Balaban J connectivity index is 1.52. The molecule has 0 unspecified atom stereocenters. The van der Waals surface area contributed by atoms with Gasteiger partial charge in [-0.05, 0) is 47.5 Å². The Morgan fingerprint density at radius 2 is 1.74 bits per heavy atom. The van der Waals surface area contributed by atoms with Crippen LogP contribution < -0.4 is 20.1 Å². The summed E-state index contributed by atoms with van der Waals surface area (Å²) < 4.78 is 15.8. The van der Waals surface area contributed by atoms with Crippen molar-refractivity contribution >= 4 is 6.03 Å². The van der Waals surface area contributed by atoms with Gasteiger partial charge in [0.1, 0.15) is 5.69 Å². The number of benzene rings is 1. The zero-order valence-corrected chi connectivity index (χ0v) is 15.2. The lowest BCUT2D eigenvalue weighted by molar-refractivity contribution is 0.240. The topological polar surface area (TPSA) is 85.6 Å². The highest BCUT2D eigenvalue weighted by atomic mass is 16.5. The molecule has 0 aliphatic rings. The van der Waals surface area contributed by atoms with Gasteiger partial charge < -0.3 is 24.5 Å². The molecule has 7 heteroatoms. The number of nitrogens with one attached hydrogen (secondary N) is 2. The fourth-order valence-electron chi connectivity index (χ4n) is 2.56. The van der Waals surface area contributed by atoms with Crippen molar-refractivity contribution in [1.29, 1.82) is 0 Å². The minimum atomic E-state index is -0.263. The Kier molecular flexibility index (Phi) is 5.94. The van der Waals surface area contributed by atoms with E-state index in [4.69, 9.17) is 13.9 Å². The first-order valence-electron chi connectivity index (χ1n) is 8.41. The quantitative estimate of drug-likeness (QED) is 0.669. The molecule has 0 saturated carbocycles. The fraction of sp³-hybridized carbons (Fsp3) is 0.200. The Labute approximate surface area is 157 Å². The van der Waals surface area contributed by atoms with E-state index in [0.717, 1.165) is 16.8 Å². The summed E-state index contributed by atoms with van der Waals surface area (Å²) in [5, 5.41) is 5.65. The minimum Gasteiger partial charge on any atom is -0.493 e. The normalized spacial score (nSPS) is 10.3. The van der Waals surface area contributed by atoms with Gasteiger partial charge in [-0.25, -0.2) is 4.79 Å². The lowest BCUT2D eigenvalue weighted by atomic mass is 10.2. The number of carbonyl (C=O) groups is 1. The third-order valence-corrected chi connectivity index (χ3v) is 3.95. The molecule has 0 bridgehead atoms. The number of carbonyl (C=O) groups excluding carboxylic acids is 1. The van der Waals surface area contributed by atoms with E-state index in [1.54, 1.807) is 32.7 Å². The number of furan rings is 1. The van der Waals surface area contributed by atoms with Gasteiger partial charge in [0.25, 0.3) is 0 Å². The molecule has 7 nitrogen and oxygen atoms in total. The van der Waals surface area contributed by atoms with Crippen molar-refractivity contribution in [3.8, 4) is 23.0 Å². The number of urea groups is 1. The predicted octanol–water partition coefficient (Wildman–Crippen LogP) is 3.36. The molecule has 0 aliphatic carbocycles. The zero-order valence-electron chi connectivity index (χ0n) is 15.2. The number of hydrogen-bond acceptors (Lipinski definition) is 5. The van der Waals surface area contributed by atoms with Crippen LogP contribution in [0.1, 0.15) is 11.1 Å². The molecule has 2 N–H and O–H groups in total. The summed E-state index contributed by atoms with van der Waals surface area (Å²) in [6.07, 6.45) is 3.29. The van der Waals surface area contributed by atoms with E-state index in [-0.39, 0.29) is 6.03 Å². The van der Waals surface area contributed by atoms with Gasteiger partial charge in [0, 0.05) is 19.3 Å². The van der Waals surface area contributed by atoms with E-state index in [9.17, 15) is 4.79 Å². The van der Waals surface area contributed by atoms with E-state index in [1.807, 2.05) is 36.4 Å². The van der Waals surface area contributed by atoms with Crippen LogP contribution in [0, 0.1) is 0 Å². The average molecular weight is 367 g/mol. The zero-order chi connectivity index (χ0) is 19.1. The van der Waals surface area contributed by atoms with Crippen LogP contribution in [0.15, 0.2) is 59.3 Å². The van der Waals surface area contributed by atoms with Gasteiger partial charge in [-0.2, -0.15) is 0 Å². The summed E-state index contributed by atoms with van der Waals surface area (Å²) in [6.45, 7) is 0.758. The highest BCUT2D eigenvalue weighted by Gasteiger charge is 2.07. The van der Waals surface area contributed by atoms with Gasteiger partial charge in [-0.1, -0.05) is 6.07 Å². The molecule has 0 saturated heterocycles. The van der Waals surface area contributed by atoms with Crippen molar-refractivity contribution in [1.82, 2.24) is 15.6 Å². The number of nitrogens with zero attached hydrogens (tertiary/aromatic N) is 1. The molecule has 3 aromatic rings. The number of ether oxygens (including phenoxy) is 2. The maximum atomic E-state index is 12.1. The molecule has 2 heterocycles. The van der Waals surface area contributed by atoms with Crippen LogP contribution in [0.25, 0.3) is 11.5 Å². The first-order chi connectivity index (χ1) is 13.2. The van der Waals surface area contributed by atoms with E-state index in [0.29, 0.717) is 30.3 Å². The number of methoxy groups -OCH3 is 2. The minimum absolute atomic E-state index is 0.263. The largest absolute Gasteiger partial charge is 0.493 e. The van der Waals surface area contributed by atoms with Gasteiger partial charge >= 0.3 is 6.03 Å². The number of aromatic nitrogens is 1. The van der Waals surface area contributed by atoms with Crippen molar-refractivity contribution in [3.05, 3.63) is 66.1 Å². The Hall–Kier alpha value is -3.48. The summed E-state index contributed by atoms with van der Waals surface area (Å²) in [5.74, 6) is 1.96. The van der Waals surface area contributed by atoms with Crippen molar-refractivity contribution in [3.63, 3.8) is 0 Å². The molecule has 0 radical (unpaired) electrons. The third-order valence-electron chi connectivity index (χ3n) is 3.95. The summed E-state index contributed by atoms with van der Waals surface area (Å²) in [4.78, 5) is 16.3. The first-order valence-corrected chi connectivity index (χ1v) is 8.41. The Morgan fingerprint density at radius 3 is 2.41 bits per heavy atom. The monoisotopic (exact) mass is 367 g/mol. The molecule has 27 heavy (non-hydrogen) atoms. The number of rotatable bonds is 7. The van der Waals surface area contributed by atoms with Crippen LogP contribution in [-0.4, -0.2) is 25.2 Å². The molecule has 2 amide bonds. The number of pyridine rings is 1. The van der Waals surface area contributed by atoms with Gasteiger partial charge in [-0.3, -0.25) is 4.98 Å². The molecule has 0 spiro atoms. The highest BCUT2D eigenvalue weighted by molar-refractivity contribution is 5.73. The standard InChI is InChI=1S/C20H21N3O4/c1-25-18-6-5-14(11-19(18)26-2)12-22-20(24)23-13-15-7-8-21-16(10-15)17-4-3-9-27-17/h3-11H,12-13H2,1-2H3,(H2,22,23,24). The molecule has 140 valence electrons. The third kappa shape index (κ3) is 4.78. The second-order valence-electron chi connectivity index (χ2n) is 5.75. The van der Waals surface area contributed by atoms with E-state index in [1.165, 1.54) is 0 Å². The molecule has 2 aromatic heterocycles. The summed E-state index contributed by atoms with van der Waals surface area (Å²) in [7, 11) is 3.16. The van der Waals surface area contributed by atoms with Crippen molar-refractivity contribution in [2.75, 3.05) is 14.2 Å². The van der Waals surface area contributed by atoms with Gasteiger partial charge in [0.05, 0.1) is 20.5 Å². The van der Waals surface area contributed by atoms with Crippen LogP contribution in [0.2, 0.25) is 0 Å². The Morgan fingerprint density at radius 1 is 1.00 bits per heavy atom. The lowest BCUT2D eigenvalue weighted by Gasteiger charge is -2.11.